The molecule has 1 aromatic carbocycles. The monoisotopic (exact) mass is 344 g/mol. The molecule has 4 rings (SSSR count). The summed E-state index contributed by atoms with van der Waals surface area (Å²) < 4.78 is 11.1. The molecule has 0 unspecified atom stereocenters. The third-order valence-corrected chi connectivity index (χ3v) is 4.75. The Morgan fingerprint density at radius 2 is 1.92 bits per heavy atom. The maximum atomic E-state index is 12.0. The van der Waals surface area contributed by atoms with Gasteiger partial charge in [0.05, 0.1) is 5.02 Å². The molecule has 1 aliphatic heterocycles. The first kappa shape index (κ1) is 15.3. The summed E-state index contributed by atoms with van der Waals surface area (Å²) >= 11 is 6.35. The Kier molecular flexibility index (Phi) is 4.02. The Balaban J connectivity index is 1.55. The third-order valence-electron chi connectivity index (χ3n) is 4.43. The van der Waals surface area contributed by atoms with E-state index in [4.69, 9.17) is 21.1 Å². The number of carbonyl (C=O) groups excluding carboxylic acids is 1. The SMILES string of the molecule is O=C(Nc1ccc(-c2cc3c(cc2Cl)OCCO3)cn1)C1CCC1. The Morgan fingerprint density at radius 3 is 2.54 bits per heavy atom. The number of carbonyl (C=O) groups is 1. The Hall–Kier alpha value is -2.27. The molecule has 6 heteroatoms. The van der Waals surface area contributed by atoms with E-state index >= 15 is 0 Å². The molecular weight excluding hydrogens is 328 g/mol. The largest absolute Gasteiger partial charge is 0.486 e. The first-order chi connectivity index (χ1) is 11.7. The molecule has 0 atom stereocenters. The fraction of sp³-hybridized carbons (Fsp3) is 0.333. The first-order valence-electron chi connectivity index (χ1n) is 8.07. The van der Waals surface area contributed by atoms with Crippen molar-refractivity contribution in [1.82, 2.24) is 4.98 Å². The minimum Gasteiger partial charge on any atom is -0.486 e. The standard InChI is InChI=1S/C18H17ClN2O3/c19-14-9-16-15(23-6-7-24-16)8-13(14)12-4-5-17(20-10-12)21-18(22)11-2-1-3-11/h4-5,8-11H,1-3,6-7H2,(H,20,21,22). The van der Waals surface area contributed by atoms with Gasteiger partial charge in [-0.15, -0.1) is 0 Å². The quantitative estimate of drug-likeness (QED) is 0.917. The van der Waals surface area contributed by atoms with Gasteiger partial charge in [0.15, 0.2) is 11.5 Å². The number of hydrogen-bond donors (Lipinski definition) is 1. The van der Waals surface area contributed by atoms with Crippen molar-refractivity contribution in [2.75, 3.05) is 18.5 Å². The van der Waals surface area contributed by atoms with Gasteiger partial charge in [-0.2, -0.15) is 0 Å². The molecule has 0 bridgehead atoms. The highest BCUT2D eigenvalue weighted by molar-refractivity contribution is 6.33. The molecular formula is C18H17ClN2O3. The molecule has 2 aliphatic rings. The number of ether oxygens (including phenoxy) is 2. The van der Waals surface area contributed by atoms with Crippen molar-refractivity contribution in [2.24, 2.45) is 5.92 Å². The number of aromatic nitrogens is 1. The van der Waals surface area contributed by atoms with Crippen LogP contribution in [0.2, 0.25) is 5.02 Å². The maximum Gasteiger partial charge on any atom is 0.228 e. The zero-order chi connectivity index (χ0) is 16.5. The molecule has 0 spiro atoms. The minimum absolute atomic E-state index is 0.0545. The molecule has 1 N–H and O–H groups in total. The summed E-state index contributed by atoms with van der Waals surface area (Å²) in [6.07, 6.45) is 4.77. The number of amides is 1. The lowest BCUT2D eigenvalue weighted by molar-refractivity contribution is -0.122. The van der Waals surface area contributed by atoms with E-state index in [2.05, 4.69) is 10.3 Å². The van der Waals surface area contributed by atoms with Crippen LogP contribution in [-0.2, 0) is 4.79 Å². The van der Waals surface area contributed by atoms with Crippen molar-refractivity contribution < 1.29 is 14.3 Å². The van der Waals surface area contributed by atoms with Crippen molar-refractivity contribution in [1.29, 1.82) is 0 Å². The molecule has 1 saturated carbocycles. The van der Waals surface area contributed by atoms with Gasteiger partial charge in [0, 0.05) is 29.3 Å². The second kappa shape index (κ2) is 6.32. The molecule has 1 aliphatic carbocycles. The molecule has 24 heavy (non-hydrogen) atoms. The van der Waals surface area contributed by atoms with Gasteiger partial charge in [-0.1, -0.05) is 18.0 Å². The van der Waals surface area contributed by atoms with Crippen molar-refractivity contribution >= 4 is 23.3 Å². The predicted molar refractivity (Wildman–Crippen MR) is 91.6 cm³/mol. The van der Waals surface area contributed by atoms with Crippen LogP contribution in [-0.4, -0.2) is 24.1 Å². The van der Waals surface area contributed by atoms with E-state index in [-0.39, 0.29) is 11.8 Å². The van der Waals surface area contributed by atoms with Crippen molar-refractivity contribution in [3.63, 3.8) is 0 Å². The van der Waals surface area contributed by atoms with Crippen LogP contribution in [0.15, 0.2) is 30.5 Å². The highest BCUT2D eigenvalue weighted by Gasteiger charge is 2.25. The van der Waals surface area contributed by atoms with E-state index in [9.17, 15) is 4.79 Å². The zero-order valence-electron chi connectivity index (χ0n) is 13.0. The number of rotatable bonds is 3. The van der Waals surface area contributed by atoms with Crippen molar-refractivity contribution in [3.8, 4) is 22.6 Å². The highest BCUT2D eigenvalue weighted by Crippen LogP contribution is 2.39. The minimum atomic E-state index is 0.0545. The number of fused-ring (bicyclic) bond motifs is 1. The number of anilines is 1. The second-order valence-corrected chi connectivity index (χ2v) is 6.43. The van der Waals surface area contributed by atoms with Gasteiger partial charge in [0.25, 0.3) is 0 Å². The van der Waals surface area contributed by atoms with E-state index in [0.29, 0.717) is 35.6 Å². The van der Waals surface area contributed by atoms with E-state index in [1.165, 1.54) is 0 Å². The zero-order valence-corrected chi connectivity index (χ0v) is 13.8. The third kappa shape index (κ3) is 2.91. The number of benzene rings is 1. The molecule has 1 fully saturated rings. The molecule has 124 valence electrons. The summed E-state index contributed by atoms with van der Waals surface area (Å²) in [5.74, 6) is 2.09. The van der Waals surface area contributed by atoms with Crippen LogP contribution in [0.25, 0.3) is 11.1 Å². The lowest BCUT2D eigenvalue weighted by Gasteiger charge is -2.23. The number of pyridine rings is 1. The Bertz CT molecular complexity index is 773. The summed E-state index contributed by atoms with van der Waals surface area (Å²) in [5.41, 5.74) is 1.68. The van der Waals surface area contributed by atoms with Gasteiger partial charge in [-0.25, -0.2) is 4.98 Å². The second-order valence-electron chi connectivity index (χ2n) is 6.02. The van der Waals surface area contributed by atoms with Gasteiger partial charge in [-0.05, 0) is 31.0 Å². The summed E-state index contributed by atoms with van der Waals surface area (Å²) in [7, 11) is 0. The lowest BCUT2D eigenvalue weighted by Crippen LogP contribution is -2.28. The van der Waals surface area contributed by atoms with Crippen LogP contribution in [0.5, 0.6) is 11.5 Å². The van der Waals surface area contributed by atoms with Crippen LogP contribution >= 0.6 is 11.6 Å². The fourth-order valence-corrected chi connectivity index (χ4v) is 3.07. The van der Waals surface area contributed by atoms with E-state index < -0.39 is 0 Å². The molecule has 5 nitrogen and oxygen atoms in total. The Labute approximate surface area is 144 Å². The molecule has 2 aromatic rings. The predicted octanol–water partition coefficient (Wildman–Crippen LogP) is 3.91. The van der Waals surface area contributed by atoms with Crippen molar-refractivity contribution in [3.05, 3.63) is 35.5 Å². The number of halogens is 1. The van der Waals surface area contributed by atoms with Crippen LogP contribution in [0, 0.1) is 5.92 Å². The molecule has 0 saturated heterocycles. The van der Waals surface area contributed by atoms with Crippen LogP contribution in [0.1, 0.15) is 19.3 Å². The average molecular weight is 345 g/mol. The van der Waals surface area contributed by atoms with Gasteiger partial charge >= 0.3 is 0 Å². The molecule has 2 heterocycles. The summed E-state index contributed by atoms with van der Waals surface area (Å²) in [6, 6.07) is 7.30. The topological polar surface area (TPSA) is 60.5 Å². The first-order valence-corrected chi connectivity index (χ1v) is 8.45. The lowest BCUT2D eigenvalue weighted by atomic mass is 9.85. The highest BCUT2D eigenvalue weighted by atomic mass is 35.5. The van der Waals surface area contributed by atoms with Crippen LogP contribution in [0.3, 0.4) is 0 Å². The van der Waals surface area contributed by atoms with Gasteiger partial charge in [-0.3, -0.25) is 4.79 Å². The summed E-state index contributed by atoms with van der Waals surface area (Å²) in [4.78, 5) is 16.3. The molecule has 1 aromatic heterocycles. The van der Waals surface area contributed by atoms with Crippen LogP contribution in [0.4, 0.5) is 5.82 Å². The summed E-state index contributed by atoms with van der Waals surface area (Å²) in [6.45, 7) is 1.05. The average Bonchev–Trinajstić information content (AvgIpc) is 2.53. The van der Waals surface area contributed by atoms with E-state index in [1.807, 2.05) is 12.1 Å². The van der Waals surface area contributed by atoms with Crippen molar-refractivity contribution in [2.45, 2.75) is 19.3 Å². The van der Waals surface area contributed by atoms with Gasteiger partial charge in [0.1, 0.15) is 19.0 Å². The summed E-state index contributed by atoms with van der Waals surface area (Å²) in [5, 5.41) is 3.44. The molecule has 1 amide bonds. The van der Waals surface area contributed by atoms with Gasteiger partial charge < -0.3 is 14.8 Å². The number of hydrogen-bond acceptors (Lipinski definition) is 4. The fourth-order valence-electron chi connectivity index (χ4n) is 2.81. The smallest absolute Gasteiger partial charge is 0.228 e. The van der Waals surface area contributed by atoms with Gasteiger partial charge in [0.2, 0.25) is 5.91 Å². The normalized spacial score (nSPS) is 16.4. The van der Waals surface area contributed by atoms with Crippen LogP contribution < -0.4 is 14.8 Å². The number of nitrogens with zero attached hydrogens (tertiary/aromatic N) is 1. The van der Waals surface area contributed by atoms with E-state index in [1.54, 1.807) is 18.3 Å². The number of nitrogens with one attached hydrogen (secondary N) is 1. The maximum absolute atomic E-state index is 12.0. The molecule has 0 radical (unpaired) electrons. The van der Waals surface area contributed by atoms with E-state index in [0.717, 1.165) is 30.4 Å². The Morgan fingerprint density at radius 1 is 1.17 bits per heavy atom.